The topological polar surface area (TPSA) is 37.9 Å². The van der Waals surface area contributed by atoms with Crippen molar-refractivity contribution in [3.05, 3.63) is 46.5 Å². The van der Waals surface area contributed by atoms with Crippen molar-refractivity contribution < 1.29 is 4.74 Å². The molecular weight excluding hydrogens is 256 g/mol. The van der Waals surface area contributed by atoms with Crippen LogP contribution in [0.5, 0.6) is 5.75 Å². The van der Waals surface area contributed by atoms with Crippen molar-refractivity contribution in [2.45, 2.75) is 13.5 Å². The second kappa shape index (κ2) is 4.49. The number of benzene rings is 1. The molecular formula is C11H11BrN2O. The van der Waals surface area contributed by atoms with Crippen LogP contribution >= 0.6 is 15.9 Å². The summed E-state index contributed by atoms with van der Waals surface area (Å²) in [5.41, 5.74) is 0.979. The van der Waals surface area contributed by atoms with E-state index in [4.69, 9.17) is 4.74 Å². The molecule has 1 aromatic heterocycles. The van der Waals surface area contributed by atoms with Gasteiger partial charge in [0.05, 0.1) is 11.9 Å². The number of hydrogen-bond acceptors (Lipinski definition) is 2. The molecule has 0 saturated heterocycles. The zero-order valence-electron chi connectivity index (χ0n) is 8.33. The Morgan fingerprint density at radius 2 is 2.33 bits per heavy atom. The van der Waals surface area contributed by atoms with Gasteiger partial charge < -0.3 is 9.72 Å². The third-order valence-electron chi connectivity index (χ3n) is 1.95. The summed E-state index contributed by atoms with van der Waals surface area (Å²) >= 11 is 3.39. The molecule has 0 fully saturated rings. The van der Waals surface area contributed by atoms with E-state index < -0.39 is 0 Å². The molecule has 2 rings (SSSR count). The van der Waals surface area contributed by atoms with Gasteiger partial charge in [0, 0.05) is 4.47 Å². The number of nitrogens with zero attached hydrogens (tertiary/aromatic N) is 1. The second-order valence-electron chi connectivity index (χ2n) is 3.24. The van der Waals surface area contributed by atoms with Crippen LogP contribution in [0.2, 0.25) is 0 Å². The molecule has 4 heteroatoms. The van der Waals surface area contributed by atoms with Crippen LogP contribution in [0.15, 0.2) is 34.9 Å². The van der Waals surface area contributed by atoms with Crippen molar-refractivity contribution in [3.63, 3.8) is 0 Å². The van der Waals surface area contributed by atoms with Crippen molar-refractivity contribution in [2.24, 2.45) is 0 Å². The summed E-state index contributed by atoms with van der Waals surface area (Å²) in [5, 5.41) is 0. The van der Waals surface area contributed by atoms with Crippen LogP contribution in [0.4, 0.5) is 0 Å². The number of aromatic nitrogens is 2. The third-order valence-corrected chi connectivity index (χ3v) is 2.44. The Kier molecular flexibility index (Phi) is 3.06. The smallest absolute Gasteiger partial charge is 0.130 e. The van der Waals surface area contributed by atoms with Crippen LogP contribution in [0.25, 0.3) is 0 Å². The fourth-order valence-corrected chi connectivity index (χ4v) is 1.64. The summed E-state index contributed by atoms with van der Waals surface area (Å²) in [6.45, 7) is 2.43. The lowest BCUT2D eigenvalue weighted by Gasteiger charge is -2.04. The lowest BCUT2D eigenvalue weighted by molar-refractivity contribution is 0.301. The first-order chi connectivity index (χ1) is 7.24. The van der Waals surface area contributed by atoms with Crippen molar-refractivity contribution >= 4 is 15.9 Å². The molecule has 1 aromatic carbocycles. The van der Waals surface area contributed by atoms with Crippen LogP contribution < -0.4 is 4.74 Å². The first kappa shape index (κ1) is 10.2. The Morgan fingerprint density at radius 1 is 1.47 bits per heavy atom. The zero-order valence-corrected chi connectivity index (χ0v) is 9.91. The molecule has 1 heterocycles. The monoisotopic (exact) mass is 266 g/mol. The Morgan fingerprint density at radius 3 is 3.00 bits per heavy atom. The maximum Gasteiger partial charge on any atom is 0.130 e. The molecule has 2 aromatic rings. The summed E-state index contributed by atoms with van der Waals surface area (Å²) in [7, 11) is 0. The van der Waals surface area contributed by atoms with Crippen molar-refractivity contribution in [1.82, 2.24) is 9.97 Å². The van der Waals surface area contributed by atoms with Crippen LogP contribution in [0.3, 0.4) is 0 Å². The molecule has 3 nitrogen and oxygen atoms in total. The van der Waals surface area contributed by atoms with E-state index in [0.29, 0.717) is 6.61 Å². The molecule has 0 aliphatic rings. The standard InChI is InChI=1S/C11H11BrN2O/c1-8-13-6-10(14-8)7-15-11-4-2-3-9(12)5-11/h2-6H,7H2,1H3,(H,13,14). The summed E-state index contributed by atoms with van der Waals surface area (Å²) in [6.07, 6.45) is 1.79. The van der Waals surface area contributed by atoms with E-state index in [0.717, 1.165) is 21.7 Å². The Balaban J connectivity index is 1.99. The molecule has 0 unspecified atom stereocenters. The number of aryl methyl sites for hydroxylation is 1. The quantitative estimate of drug-likeness (QED) is 0.928. The maximum atomic E-state index is 5.58. The van der Waals surface area contributed by atoms with Crippen molar-refractivity contribution in [1.29, 1.82) is 0 Å². The van der Waals surface area contributed by atoms with Gasteiger partial charge in [-0.15, -0.1) is 0 Å². The van der Waals surface area contributed by atoms with Gasteiger partial charge in [-0.05, 0) is 25.1 Å². The van der Waals surface area contributed by atoms with E-state index >= 15 is 0 Å². The normalized spacial score (nSPS) is 10.3. The average Bonchev–Trinajstić information content (AvgIpc) is 2.62. The number of H-pyrrole nitrogens is 1. The molecule has 0 atom stereocenters. The lowest BCUT2D eigenvalue weighted by Crippen LogP contribution is -1.95. The highest BCUT2D eigenvalue weighted by molar-refractivity contribution is 9.10. The minimum Gasteiger partial charge on any atom is -0.487 e. The van der Waals surface area contributed by atoms with Gasteiger partial charge in [0.1, 0.15) is 18.2 Å². The fraction of sp³-hybridized carbons (Fsp3) is 0.182. The van der Waals surface area contributed by atoms with E-state index in [1.807, 2.05) is 31.2 Å². The summed E-state index contributed by atoms with van der Waals surface area (Å²) in [6, 6.07) is 7.77. The van der Waals surface area contributed by atoms with Crippen molar-refractivity contribution in [3.8, 4) is 5.75 Å². The molecule has 0 radical (unpaired) electrons. The van der Waals surface area contributed by atoms with E-state index in [1.54, 1.807) is 6.20 Å². The first-order valence-corrected chi connectivity index (χ1v) is 5.42. The molecule has 0 aliphatic carbocycles. The Labute approximate surface area is 96.6 Å². The molecule has 0 aliphatic heterocycles. The minimum absolute atomic E-state index is 0.511. The number of halogens is 1. The van der Waals surface area contributed by atoms with Gasteiger partial charge in [0.25, 0.3) is 0 Å². The number of imidazole rings is 1. The number of hydrogen-bond donors (Lipinski definition) is 1. The number of nitrogens with one attached hydrogen (secondary N) is 1. The predicted octanol–water partition coefficient (Wildman–Crippen LogP) is 3.06. The van der Waals surface area contributed by atoms with Gasteiger partial charge in [-0.3, -0.25) is 0 Å². The number of aromatic amines is 1. The predicted molar refractivity (Wildman–Crippen MR) is 61.8 cm³/mol. The average molecular weight is 267 g/mol. The lowest BCUT2D eigenvalue weighted by atomic mass is 10.3. The third kappa shape index (κ3) is 2.83. The molecule has 0 spiro atoms. The summed E-state index contributed by atoms with van der Waals surface area (Å²) in [4.78, 5) is 7.21. The molecule has 1 N–H and O–H groups in total. The highest BCUT2D eigenvalue weighted by Crippen LogP contribution is 2.18. The van der Waals surface area contributed by atoms with E-state index in [1.165, 1.54) is 0 Å². The van der Waals surface area contributed by atoms with Gasteiger partial charge >= 0.3 is 0 Å². The van der Waals surface area contributed by atoms with Crippen LogP contribution in [0.1, 0.15) is 11.5 Å². The molecule has 0 saturated carbocycles. The molecule has 15 heavy (non-hydrogen) atoms. The van der Waals surface area contributed by atoms with Gasteiger partial charge in [0.2, 0.25) is 0 Å². The Hall–Kier alpha value is -1.29. The summed E-state index contributed by atoms with van der Waals surface area (Å²) < 4.78 is 6.60. The maximum absolute atomic E-state index is 5.58. The largest absolute Gasteiger partial charge is 0.487 e. The van der Waals surface area contributed by atoms with E-state index in [2.05, 4.69) is 25.9 Å². The van der Waals surface area contributed by atoms with Crippen molar-refractivity contribution in [2.75, 3.05) is 0 Å². The summed E-state index contributed by atoms with van der Waals surface area (Å²) in [5.74, 6) is 1.75. The van der Waals surface area contributed by atoms with Gasteiger partial charge in [-0.2, -0.15) is 0 Å². The molecule has 0 bridgehead atoms. The molecule has 0 amide bonds. The van der Waals surface area contributed by atoms with Crippen LogP contribution in [-0.2, 0) is 6.61 Å². The van der Waals surface area contributed by atoms with Gasteiger partial charge in [-0.25, -0.2) is 4.98 Å². The number of ether oxygens (including phenoxy) is 1. The Bertz CT molecular complexity index is 453. The van der Waals surface area contributed by atoms with Gasteiger partial charge in [-0.1, -0.05) is 22.0 Å². The highest BCUT2D eigenvalue weighted by Gasteiger charge is 1.98. The van der Waals surface area contributed by atoms with Crippen LogP contribution in [-0.4, -0.2) is 9.97 Å². The second-order valence-corrected chi connectivity index (χ2v) is 4.16. The fourth-order valence-electron chi connectivity index (χ4n) is 1.26. The molecule has 78 valence electrons. The van der Waals surface area contributed by atoms with E-state index in [-0.39, 0.29) is 0 Å². The highest BCUT2D eigenvalue weighted by atomic mass is 79.9. The van der Waals surface area contributed by atoms with E-state index in [9.17, 15) is 0 Å². The van der Waals surface area contributed by atoms with Crippen LogP contribution in [0, 0.1) is 6.92 Å². The first-order valence-electron chi connectivity index (χ1n) is 4.63. The zero-order chi connectivity index (χ0) is 10.7. The van der Waals surface area contributed by atoms with Gasteiger partial charge in [0.15, 0.2) is 0 Å². The minimum atomic E-state index is 0.511. The number of rotatable bonds is 3. The SMILES string of the molecule is Cc1ncc(COc2cccc(Br)c2)[nH]1.